The Morgan fingerprint density at radius 1 is 1.00 bits per heavy atom. The average molecular weight is 427 g/mol. The molecule has 1 fully saturated rings. The third kappa shape index (κ3) is 5.61. The summed E-state index contributed by atoms with van der Waals surface area (Å²) in [5.41, 5.74) is 8.87. The van der Waals surface area contributed by atoms with Crippen molar-refractivity contribution < 1.29 is 40.9 Å². The van der Waals surface area contributed by atoms with Gasteiger partial charge in [0.25, 0.3) is 0 Å². The fourth-order valence-electron chi connectivity index (χ4n) is 1.34. The first-order chi connectivity index (χ1) is 7.51. The molecule has 0 aromatic heterocycles. The van der Waals surface area contributed by atoms with Crippen molar-refractivity contribution in [3.63, 3.8) is 0 Å². The van der Waals surface area contributed by atoms with Gasteiger partial charge < -0.3 is 21.7 Å². The maximum Gasteiger partial charge on any atom is 2.00 e. The summed E-state index contributed by atoms with van der Waals surface area (Å²) in [6.45, 7) is 1.55. The number of carboxylic acid groups (broad SMARTS) is 2. The zero-order valence-electron chi connectivity index (χ0n) is 9.63. The predicted octanol–water partition coefficient (Wildman–Crippen LogP) is 0.00740. The second kappa shape index (κ2) is 9.57. The molecular formula is C10H20N2O4Pt+2. The molecule has 0 aromatic carbocycles. The first-order valence-corrected chi connectivity index (χ1v) is 5.38. The van der Waals surface area contributed by atoms with Crippen LogP contribution in [-0.2, 0) is 30.7 Å². The van der Waals surface area contributed by atoms with E-state index < -0.39 is 17.4 Å². The number of rotatable bonds is 5. The van der Waals surface area contributed by atoms with Gasteiger partial charge in [0.2, 0.25) is 0 Å². The molecule has 7 heteroatoms. The normalized spacial score (nSPS) is 15.6. The molecule has 1 aliphatic carbocycles. The van der Waals surface area contributed by atoms with E-state index in [2.05, 4.69) is 0 Å². The molecule has 0 amide bonds. The number of hydrogen-bond acceptors (Lipinski definition) is 4. The van der Waals surface area contributed by atoms with E-state index in [1.54, 1.807) is 0 Å². The molecule has 0 bridgehead atoms. The molecule has 0 heterocycles. The first kappa shape index (κ1) is 18.9. The second-order valence-electron chi connectivity index (χ2n) is 3.83. The zero-order chi connectivity index (χ0) is 12.6. The molecule has 102 valence electrons. The van der Waals surface area contributed by atoms with Gasteiger partial charge in [0, 0.05) is 0 Å². The molecule has 0 radical (unpaired) electrons. The van der Waals surface area contributed by atoms with Crippen LogP contribution in [0.2, 0.25) is 0 Å². The maximum atomic E-state index is 10.4. The van der Waals surface area contributed by atoms with Crippen molar-refractivity contribution in [1.82, 2.24) is 0 Å². The molecule has 0 spiro atoms. The van der Waals surface area contributed by atoms with Crippen LogP contribution in [0.4, 0.5) is 0 Å². The molecule has 1 aliphatic rings. The second-order valence-corrected chi connectivity index (χ2v) is 3.83. The van der Waals surface area contributed by atoms with Gasteiger partial charge in [-0.3, -0.25) is 9.59 Å². The van der Waals surface area contributed by atoms with Crippen molar-refractivity contribution in [3.05, 3.63) is 0 Å². The Kier molecular flexibility index (Phi) is 10.6. The monoisotopic (exact) mass is 427 g/mol. The van der Waals surface area contributed by atoms with Crippen molar-refractivity contribution in [2.45, 2.75) is 32.1 Å². The molecule has 1 saturated carbocycles. The number of hydrogen-bond donors (Lipinski definition) is 4. The minimum atomic E-state index is -1.44. The summed E-state index contributed by atoms with van der Waals surface area (Å²) in [5.74, 6) is -2.41. The standard InChI is InChI=1S/C6H8O4.C4H12N2.Pt/c7-4(8)6(5(9)10)2-1-3-6;5-3-1-2-4-6;/h1-3H2,(H,7,8)(H,9,10);1-6H2;/q;;+2. The van der Waals surface area contributed by atoms with Gasteiger partial charge in [-0.15, -0.1) is 0 Å². The Morgan fingerprint density at radius 3 is 1.41 bits per heavy atom. The van der Waals surface area contributed by atoms with E-state index in [0.29, 0.717) is 6.42 Å². The molecule has 6 nitrogen and oxygen atoms in total. The summed E-state index contributed by atoms with van der Waals surface area (Å²) in [6, 6.07) is 0. The van der Waals surface area contributed by atoms with Gasteiger partial charge in [-0.05, 0) is 45.2 Å². The van der Waals surface area contributed by atoms with Gasteiger partial charge in [0.05, 0.1) is 0 Å². The Morgan fingerprint density at radius 2 is 1.35 bits per heavy atom. The van der Waals surface area contributed by atoms with Crippen molar-refractivity contribution in [2.24, 2.45) is 16.9 Å². The van der Waals surface area contributed by atoms with Crippen molar-refractivity contribution in [2.75, 3.05) is 13.1 Å². The van der Waals surface area contributed by atoms with E-state index in [-0.39, 0.29) is 33.9 Å². The molecule has 0 aliphatic heterocycles. The fourth-order valence-corrected chi connectivity index (χ4v) is 1.34. The van der Waals surface area contributed by atoms with Crippen LogP contribution in [0.1, 0.15) is 32.1 Å². The average Bonchev–Trinajstić information content (AvgIpc) is 2.12. The summed E-state index contributed by atoms with van der Waals surface area (Å²) in [6.07, 6.45) is 3.39. The summed E-state index contributed by atoms with van der Waals surface area (Å²) in [4.78, 5) is 20.7. The van der Waals surface area contributed by atoms with Gasteiger partial charge in [-0.2, -0.15) is 0 Å². The largest absolute Gasteiger partial charge is 2.00 e. The molecular weight excluding hydrogens is 407 g/mol. The fraction of sp³-hybridized carbons (Fsp3) is 0.800. The third-order valence-electron chi connectivity index (χ3n) is 2.68. The van der Waals surface area contributed by atoms with Gasteiger partial charge in [0.15, 0.2) is 5.41 Å². The van der Waals surface area contributed by atoms with E-state index in [1.165, 1.54) is 0 Å². The van der Waals surface area contributed by atoms with E-state index in [0.717, 1.165) is 25.9 Å². The van der Waals surface area contributed by atoms with Crippen LogP contribution in [0, 0.1) is 5.41 Å². The van der Waals surface area contributed by atoms with Gasteiger partial charge in [-0.25, -0.2) is 0 Å². The van der Waals surface area contributed by atoms with Crippen LogP contribution in [0.25, 0.3) is 0 Å². The van der Waals surface area contributed by atoms with Gasteiger partial charge in [-0.1, -0.05) is 0 Å². The minimum absolute atomic E-state index is 0. The van der Waals surface area contributed by atoms with E-state index >= 15 is 0 Å². The quantitative estimate of drug-likeness (QED) is 0.362. The number of carbonyl (C=O) groups is 2. The smallest absolute Gasteiger partial charge is 0.480 e. The third-order valence-corrected chi connectivity index (χ3v) is 2.68. The van der Waals surface area contributed by atoms with Crippen molar-refractivity contribution in [1.29, 1.82) is 0 Å². The van der Waals surface area contributed by atoms with Crippen molar-refractivity contribution >= 4 is 11.9 Å². The molecule has 0 aromatic rings. The van der Waals surface area contributed by atoms with Crippen LogP contribution in [0.5, 0.6) is 0 Å². The Balaban J connectivity index is 0. The molecule has 1 rings (SSSR count). The molecule has 6 N–H and O–H groups in total. The van der Waals surface area contributed by atoms with E-state index in [9.17, 15) is 9.59 Å². The van der Waals surface area contributed by atoms with E-state index in [1.807, 2.05) is 0 Å². The van der Waals surface area contributed by atoms with E-state index in [4.69, 9.17) is 21.7 Å². The number of unbranched alkanes of at least 4 members (excludes halogenated alkanes) is 1. The predicted molar refractivity (Wildman–Crippen MR) is 58.9 cm³/mol. The molecule has 0 unspecified atom stereocenters. The molecule has 17 heavy (non-hydrogen) atoms. The summed E-state index contributed by atoms with van der Waals surface area (Å²) < 4.78 is 0. The summed E-state index contributed by atoms with van der Waals surface area (Å²) >= 11 is 0. The Labute approximate surface area is 115 Å². The minimum Gasteiger partial charge on any atom is -0.480 e. The number of nitrogens with two attached hydrogens (primary N) is 2. The van der Waals surface area contributed by atoms with Crippen LogP contribution in [-0.4, -0.2) is 35.2 Å². The summed E-state index contributed by atoms with van der Waals surface area (Å²) in [5, 5.41) is 16.9. The van der Waals surface area contributed by atoms with Crippen LogP contribution in [0.15, 0.2) is 0 Å². The number of aliphatic carboxylic acids is 2. The zero-order valence-corrected chi connectivity index (χ0v) is 11.9. The Hall–Kier alpha value is -0.452. The van der Waals surface area contributed by atoms with Crippen LogP contribution < -0.4 is 11.5 Å². The number of carboxylic acids is 2. The van der Waals surface area contributed by atoms with Crippen LogP contribution in [0.3, 0.4) is 0 Å². The molecule has 0 saturated heterocycles. The van der Waals surface area contributed by atoms with Crippen LogP contribution >= 0.6 is 0 Å². The Bertz CT molecular complexity index is 224. The van der Waals surface area contributed by atoms with Gasteiger partial charge >= 0.3 is 33.0 Å². The van der Waals surface area contributed by atoms with Crippen molar-refractivity contribution in [3.8, 4) is 0 Å². The summed E-state index contributed by atoms with van der Waals surface area (Å²) in [7, 11) is 0. The molecule has 0 atom stereocenters. The topological polar surface area (TPSA) is 127 Å². The first-order valence-electron chi connectivity index (χ1n) is 5.38. The maximum absolute atomic E-state index is 10.4. The van der Waals surface area contributed by atoms with Gasteiger partial charge in [0.1, 0.15) is 0 Å². The SMILES string of the molecule is NCCCCN.O=C(O)C1(C(=O)O)CCC1.[Pt+2].